The number of benzene rings is 2. The second-order valence-corrected chi connectivity index (χ2v) is 6.56. The van der Waals surface area contributed by atoms with E-state index in [9.17, 15) is 4.39 Å². The zero-order valence-corrected chi connectivity index (χ0v) is 14.0. The van der Waals surface area contributed by atoms with Crippen LogP contribution in [0.15, 0.2) is 53.0 Å². The van der Waals surface area contributed by atoms with E-state index in [0.29, 0.717) is 6.42 Å². The first kappa shape index (κ1) is 14.5. The van der Waals surface area contributed by atoms with Crippen molar-refractivity contribution in [2.24, 2.45) is 0 Å². The minimum atomic E-state index is -0.207. The molecule has 116 valence electrons. The van der Waals surface area contributed by atoms with Crippen LogP contribution in [-0.2, 0) is 12.8 Å². The smallest absolute Gasteiger partial charge is 0.133 e. The van der Waals surface area contributed by atoms with Gasteiger partial charge in [0, 0.05) is 23.0 Å². The molecule has 1 aliphatic heterocycles. The van der Waals surface area contributed by atoms with E-state index in [1.807, 2.05) is 41.1 Å². The van der Waals surface area contributed by atoms with Gasteiger partial charge in [0.05, 0.1) is 11.4 Å². The predicted octanol–water partition coefficient (Wildman–Crippen LogP) is 4.33. The quantitative estimate of drug-likeness (QED) is 0.742. The highest BCUT2D eigenvalue weighted by Crippen LogP contribution is 2.30. The number of nitrogens with one attached hydrogen (secondary N) is 1. The van der Waals surface area contributed by atoms with Crippen molar-refractivity contribution in [2.75, 3.05) is 11.9 Å². The van der Waals surface area contributed by atoms with Gasteiger partial charge in [-0.2, -0.15) is 5.10 Å². The molecule has 1 N–H and O–H groups in total. The Morgan fingerprint density at radius 2 is 1.83 bits per heavy atom. The lowest BCUT2D eigenvalue weighted by Crippen LogP contribution is -2.05. The maximum Gasteiger partial charge on any atom is 0.133 e. The second kappa shape index (κ2) is 5.81. The van der Waals surface area contributed by atoms with Gasteiger partial charge in [0.15, 0.2) is 0 Å². The molecule has 0 spiro atoms. The van der Waals surface area contributed by atoms with Crippen molar-refractivity contribution >= 4 is 21.7 Å². The number of nitrogens with zero attached hydrogens (tertiary/aromatic N) is 2. The van der Waals surface area contributed by atoms with Gasteiger partial charge in [0.25, 0.3) is 0 Å². The monoisotopic (exact) mass is 371 g/mol. The lowest BCUT2D eigenvalue weighted by molar-refractivity contribution is 0.627. The van der Waals surface area contributed by atoms with Crippen LogP contribution >= 0.6 is 15.9 Å². The predicted molar refractivity (Wildman–Crippen MR) is 92.7 cm³/mol. The average Bonchev–Trinajstić information content (AvgIpc) is 3.14. The van der Waals surface area contributed by atoms with Gasteiger partial charge in [-0.1, -0.05) is 28.1 Å². The molecule has 0 saturated heterocycles. The lowest BCUT2D eigenvalue weighted by atomic mass is 10.1. The summed E-state index contributed by atoms with van der Waals surface area (Å²) in [5.74, 6) is 0.866. The zero-order chi connectivity index (χ0) is 15.8. The largest absolute Gasteiger partial charge is 0.369 e. The second-order valence-electron chi connectivity index (χ2n) is 5.64. The molecule has 5 heteroatoms. The summed E-state index contributed by atoms with van der Waals surface area (Å²) in [6.07, 6.45) is 1.69. The van der Waals surface area contributed by atoms with Crippen molar-refractivity contribution in [3.63, 3.8) is 0 Å². The topological polar surface area (TPSA) is 29.9 Å². The van der Waals surface area contributed by atoms with Crippen molar-refractivity contribution in [1.82, 2.24) is 9.78 Å². The van der Waals surface area contributed by atoms with E-state index < -0.39 is 0 Å². The van der Waals surface area contributed by atoms with Gasteiger partial charge in [-0.15, -0.1) is 0 Å². The van der Waals surface area contributed by atoms with Crippen molar-refractivity contribution in [1.29, 1.82) is 0 Å². The van der Waals surface area contributed by atoms with Crippen LogP contribution < -0.4 is 5.32 Å². The number of rotatable bonds is 3. The summed E-state index contributed by atoms with van der Waals surface area (Å²) < 4.78 is 16.1. The summed E-state index contributed by atoms with van der Waals surface area (Å²) in [4.78, 5) is 0. The third-order valence-corrected chi connectivity index (χ3v) is 4.62. The maximum absolute atomic E-state index is 13.1. The van der Waals surface area contributed by atoms with Crippen LogP contribution in [0.4, 0.5) is 10.2 Å². The Morgan fingerprint density at radius 1 is 1.09 bits per heavy atom. The van der Waals surface area contributed by atoms with Crippen LogP contribution in [0.25, 0.3) is 5.69 Å². The average molecular weight is 372 g/mol. The molecule has 0 amide bonds. The Kier molecular flexibility index (Phi) is 3.65. The Morgan fingerprint density at radius 3 is 2.57 bits per heavy atom. The molecule has 4 rings (SSSR count). The normalized spacial score (nSPS) is 13.0. The highest BCUT2D eigenvalue weighted by atomic mass is 79.9. The van der Waals surface area contributed by atoms with Crippen molar-refractivity contribution in [3.8, 4) is 5.69 Å². The molecule has 0 aliphatic carbocycles. The minimum Gasteiger partial charge on any atom is -0.369 e. The molecule has 0 fully saturated rings. The lowest BCUT2D eigenvalue weighted by Gasteiger charge is -2.06. The summed E-state index contributed by atoms with van der Waals surface area (Å²) >= 11 is 3.46. The van der Waals surface area contributed by atoms with E-state index in [4.69, 9.17) is 5.10 Å². The van der Waals surface area contributed by atoms with E-state index in [-0.39, 0.29) is 5.82 Å². The van der Waals surface area contributed by atoms with Crippen LogP contribution in [0.1, 0.15) is 16.8 Å². The molecule has 0 atom stereocenters. The Labute approximate surface area is 142 Å². The summed E-state index contributed by atoms with van der Waals surface area (Å²) in [5.41, 5.74) is 4.42. The Bertz CT molecular complexity index is 838. The highest BCUT2D eigenvalue weighted by molar-refractivity contribution is 9.10. The molecule has 0 saturated carbocycles. The van der Waals surface area contributed by atoms with Gasteiger partial charge < -0.3 is 5.32 Å². The SMILES string of the molecule is Fc1ccc(Cc2nn(-c3ccc(Br)cc3)c3c2CCN3)cc1. The molecular formula is C18H15BrFN3. The number of hydrogen-bond acceptors (Lipinski definition) is 2. The molecular weight excluding hydrogens is 357 g/mol. The van der Waals surface area contributed by atoms with Gasteiger partial charge in [-0.05, 0) is 48.4 Å². The summed E-state index contributed by atoms with van der Waals surface area (Å²) in [6.45, 7) is 0.931. The van der Waals surface area contributed by atoms with Crippen molar-refractivity contribution < 1.29 is 4.39 Å². The van der Waals surface area contributed by atoms with E-state index in [1.165, 1.54) is 17.7 Å². The highest BCUT2D eigenvalue weighted by Gasteiger charge is 2.22. The molecule has 0 bridgehead atoms. The number of fused-ring (bicyclic) bond motifs is 1. The minimum absolute atomic E-state index is 0.207. The number of hydrogen-bond donors (Lipinski definition) is 1. The van der Waals surface area contributed by atoms with Crippen LogP contribution in [0.2, 0.25) is 0 Å². The molecule has 2 heterocycles. The Balaban J connectivity index is 1.72. The van der Waals surface area contributed by atoms with Crippen LogP contribution in [0, 0.1) is 5.82 Å². The Hall–Kier alpha value is -2.14. The van der Waals surface area contributed by atoms with Crippen LogP contribution in [0.3, 0.4) is 0 Å². The first-order valence-electron chi connectivity index (χ1n) is 7.56. The first-order valence-corrected chi connectivity index (χ1v) is 8.35. The molecule has 3 nitrogen and oxygen atoms in total. The summed E-state index contributed by atoms with van der Waals surface area (Å²) in [5, 5.41) is 8.22. The number of halogens is 2. The summed E-state index contributed by atoms with van der Waals surface area (Å²) in [6, 6.07) is 14.7. The van der Waals surface area contributed by atoms with E-state index >= 15 is 0 Å². The molecule has 1 aliphatic rings. The third kappa shape index (κ3) is 2.77. The van der Waals surface area contributed by atoms with Crippen molar-refractivity contribution in [3.05, 3.63) is 75.6 Å². The van der Waals surface area contributed by atoms with Gasteiger partial charge in [-0.25, -0.2) is 9.07 Å². The summed E-state index contributed by atoms with van der Waals surface area (Å²) in [7, 11) is 0. The molecule has 2 aromatic carbocycles. The van der Waals surface area contributed by atoms with Crippen LogP contribution in [-0.4, -0.2) is 16.3 Å². The van der Waals surface area contributed by atoms with Crippen molar-refractivity contribution in [2.45, 2.75) is 12.8 Å². The maximum atomic E-state index is 13.1. The molecule has 0 radical (unpaired) electrons. The van der Waals surface area contributed by atoms with Gasteiger partial charge in [0.2, 0.25) is 0 Å². The van der Waals surface area contributed by atoms with Gasteiger partial charge in [-0.3, -0.25) is 0 Å². The number of aromatic nitrogens is 2. The van der Waals surface area contributed by atoms with Gasteiger partial charge >= 0.3 is 0 Å². The number of anilines is 1. The third-order valence-electron chi connectivity index (χ3n) is 4.09. The zero-order valence-electron chi connectivity index (χ0n) is 12.4. The molecule has 23 heavy (non-hydrogen) atoms. The van der Waals surface area contributed by atoms with Gasteiger partial charge in [0.1, 0.15) is 11.6 Å². The van der Waals surface area contributed by atoms with E-state index in [2.05, 4.69) is 21.2 Å². The first-order chi connectivity index (χ1) is 11.2. The van der Waals surface area contributed by atoms with E-state index in [0.717, 1.165) is 40.2 Å². The fourth-order valence-electron chi connectivity index (χ4n) is 2.95. The van der Waals surface area contributed by atoms with Crippen LogP contribution in [0.5, 0.6) is 0 Å². The molecule has 0 unspecified atom stereocenters. The van der Waals surface area contributed by atoms with E-state index in [1.54, 1.807) is 0 Å². The standard InChI is InChI=1S/C18H15BrFN3/c19-13-3-7-15(8-4-13)23-18-16(9-10-21-18)17(22-23)11-12-1-5-14(20)6-2-12/h1-8,21H,9-11H2. The molecule has 3 aromatic rings. The fraction of sp³-hybridized carbons (Fsp3) is 0.167. The molecule has 1 aromatic heterocycles. The fourth-order valence-corrected chi connectivity index (χ4v) is 3.22.